The van der Waals surface area contributed by atoms with Crippen LogP contribution in [0.1, 0.15) is 5.56 Å². The maximum absolute atomic E-state index is 11.6. The number of likely N-dealkylation sites (N-methyl/N-ethyl adjacent to an activating group) is 1. The van der Waals surface area contributed by atoms with Crippen LogP contribution in [0.3, 0.4) is 0 Å². The molecule has 0 aromatic heterocycles. The van der Waals surface area contributed by atoms with Gasteiger partial charge in [0.2, 0.25) is 15.9 Å². The SMILES string of the molecule is CNC(=O)CN(c1ccc(C)cc1)S(C)(=O)=O. The number of hydrogen-bond acceptors (Lipinski definition) is 3. The second-order valence-electron chi connectivity index (χ2n) is 3.78. The first-order valence-electron chi connectivity index (χ1n) is 5.09. The minimum absolute atomic E-state index is 0.210. The molecule has 5 nitrogen and oxygen atoms in total. The number of rotatable bonds is 4. The lowest BCUT2D eigenvalue weighted by molar-refractivity contribution is -0.119. The zero-order valence-electron chi connectivity index (χ0n) is 10.1. The Morgan fingerprint density at radius 2 is 1.82 bits per heavy atom. The van der Waals surface area contributed by atoms with Crippen molar-refractivity contribution in [3.05, 3.63) is 29.8 Å². The molecule has 1 rings (SSSR count). The molecule has 1 aromatic carbocycles. The first-order chi connectivity index (χ1) is 7.84. The van der Waals surface area contributed by atoms with Gasteiger partial charge in [-0.3, -0.25) is 9.10 Å². The van der Waals surface area contributed by atoms with Crippen molar-refractivity contribution < 1.29 is 13.2 Å². The van der Waals surface area contributed by atoms with E-state index in [4.69, 9.17) is 0 Å². The van der Waals surface area contributed by atoms with Crippen LogP contribution in [0.5, 0.6) is 0 Å². The molecule has 0 bridgehead atoms. The molecule has 0 atom stereocenters. The fraction of sp³-hybridized carbons (Fsp3) is 0.364. The summed E-state index contributed by atoms with van der Waals surface area (Å²) in [5.41, 5.74) is 1.52. The van der Waals surface area contributed by atoms with Crippen molar-refractivity contribution in [1.82, 2.24) is 5.32 Å². The van der Waals surface area contributed by atoms with Crippen molar-refractivity contribution >= 4 is 21.6 Å². The molecule has 1 amide bonds. The van der Waals surface area contributed by atoms with Crippen LogP contribution in [0, 0.1) is 6.92 Å². The Labute approximate surface area is 101 Å². The third kappa shape index (κ3) is 3.74. The van der Waals surface area contributed by atoms with Gasteiger partial charge in [0.25, 0.3) is 0 Å². The van der Waals surface area contributed by atoms with E-state index < -0.39 is 10.0 Å². The molecule has 0 saturated carbocycles. The van der Waals surface area contributed by atoms with E-state index in [1.165, 1.54) is 7.05 Å². The van der Waals surface area contributed by atoms with Crippen LogP contribution in [-0.2, 0) is 14.8 Å². The third-order valence-electron chi connectivity index (χ3n) is 2.29. The van der Waals surface area contributed by atoms with Gasteiger partial charge in [0.05, 0.1) is 11.9 Å². The molecule has 0 aliphatic carbocycles. The number of sulfonamides is 1. The van der Waals surface area contributed by atoms with Gasteiger partial charge in [-0.05, 0) is 19.1 Å². The number of hydrogen-bond donors (Lipinski definition) is 1. The van der Waals surface area contributed by atoms with Crippen molar-refractivity contribution in [2.45, 2.75) is 6.92 Å². The highest BCUT2D eigenvalue weighted by atomic mass is 32.2. The molecule has 0 saturated heterocycles. The van der Waals surface area contributed by atoms with Gasteiger partial charge in [0.15, 0.2) is 0 Å². The summed E-state index contributed by atoms with van der Waals surface area (Å²) < 4.78 is 24.3. The number of nitrogens with one attached hydrogen (secondary N) is 1. The molecule has 17 heavy (non-hydrogen) atoms. The molecule has 1 aromatic rings. The van der Waals surface area contributed by atoms with Gasteiger partial charge in [0.1, 0.15) is 6.54 Å². The molecule has 0 unspecified atom stereocenters. The van der Waals surface area contributed by atoms with Crippen LogP contribution in [0.15, 0.2) is 24.3 Å². The Hall–Kier alpha value is -1.56. The Morgan fingerprint density at radius 1 is 1.29 bits per heavy atom. The van der Waals surface area contributed by atoms with E-state index in [2.05, 4.69) is 5.32 Å². The van der Waals surface area contributed by atoms with Crippen LogP contribution in [0.2, 0.25) is 0 Å². The average Bonchev–Trinajstić information content (AvgIpc) is 2.25. The Morgan fingerprint density at radius 3 is 2.24 bits per heavy atom. The first kappa shape index (κ1) is 13.5. The second-order valence-corrected chi connectivity index (χ2v) is 5.69. The number of nitrogens with zero attached hydrogens (tertiary/aromatic N) is 1. The molecular weight excluding hydrogens is 240 g/mol. The molecule has 0 spiro atoms. The number of aryl methyl sites for hydroxylation is 1. The van der Waals surface area contributed by atoms with Crippen LogP contribution >= 0.6 is 0 Å². The summed E-state index contributed by atoms with van der Waals surface area (Å²) in [5.74, 6) is -0.351. The Kier molecular flexibility index (Phi) is 4.11. The highest BCUT2D eigenvalue weighted by molar-refractivity contribution is 7.92. The summed E-state index contributed by atoms with van der Waals surface area (Å²) in [6, 6.07) is 6.97. The van der Waals surface area contributed by atoms with Crippen molar-refractivity contribution in [1.29, 1.82) is 0 Å². The minimum atomic E-state index is -3.46. The molecular formula is C11H16N2O3S. The summed E-state index contributed by atoms with van der Waals surface area (Å²) in [6.07, 6.45) is 1.08. The molecule has 0 radical (unpaired) electrons. The number of anilines is 1. The summed E-state index contributed by atoms with van der Waals surface area (Å²) in [6.45, 7) is 1.70. The van der Waals surface area contributed by atoms with Crippen molar-refractivity contribution in [3.63, 3.8) is 0 Å². The molecule has 0 aliphatic rings. The van der Waals surface area contributed by atoms with Crippen molar-refractivity contribution in [2.24, 2.45) is 0 Å². The van der Waals surface area contributed by atoms with Crippen LogP contribution < -0.4 is 9.62 Å². The van der Waals surface area contributed by atoms with Gasteiger partial charge in [0, 0.05) is 7.05 Å². The zero-order chi connectivity index (χ0) is 13.1. The fourth-order valence-electron chi connectivity index (χ4n) is 1.32. The minimum Gasteiger partial charge on any atom is -0.358 e. The standard InChI is InChI=1S/C11H16N2O3S/c1-9-4-6-10(7-5-9)13(17(3,15)16)8-11(14)12-2/h4-7H,8H2,1-3H3,(H,12,14). The molecule has 6 heteroatoms. The van der Waals surface area contributed by atoms with E-state index in [1.54, 1.807) is 24.3 Å². The molecule has 94 valence electrons. The summed E-state index contributed by atoms with van der Waals surface area (Å²) >= 11 is 0. The van der Waals surface area contributed by atoms with Crippen LogP contribution in [0.25, 0.3) is 0 Å². The van der Waals surface area contributed by atoms with E-state index in [0.717, 1.165) is 16.1 Å². The highest BCUT2D eigenvalue weighted by Crippen LogP contribution is 2.17. The largest absolute Gasteiger partial charge is 0.358 e. The predicted molar refractivity (Wildman–Crippen MR) is 67.4 cm³/mol. The zero-order valence-corrected chi connectivity index (χ0v) is 10.9. The Balaban J connectivity index is 3.07. The fourth-order valence-corrected chi connectivity index (χ4v) is 2.18. The van der Waals surface area contributed by atoms with Crippen LogP contribution in [0.4, 0.5) is 5.69 Å². The van der Waals surface area contributed by atoms with Gasteiger partial charge in [-0.1, -0.05) is 17.7 Å². The topological polar surface area (TPSA) is 66.5 Å². The molecule has 0 fully saturated rings. The van der Waals surface area contributed by atoms with Gasteiger partial charge in [-0.25, -0.2) is 8.42 Å². The smallest absolute Gasteiger partial charge is 0.240 e. The van der Waals surface area contributed by atoms with E-state index >= 15 is 0 Å². The average molecular weight is 256 g/mol. The summed E-state index contributed by atoms with van der Waals surface area (Å²) in [7, 11) is -1.99. The summed E-state index contributed by atoms with van der Waals surface area (Å²) in [4.78, 5) is 11.3. The number of carbonyl (C=O) groups is 1. The van der Waals surface area contributed by atoms with E-state index in [0.29, 0.717) is 5.69 Å². The second kappa shape index (κ2) is 5.18. The number of benzene rings is 1. The monoisotopic (exact) mass is 256 g/mol. The maximum atomic E-state index is 11.6. The Bertz CT molecular complexity index is 494. The molecule has 0 aliphatic heterocycles. The third-order valence-corrected chi connectivity index (χ3v) is 3.43. The van der Waals surface area contributed by atoms with Gasteiger partial charge in [-0.15, -0.1) is 0 Å². The predicted octanol–water partition coefficient (Wildman–Crippen LogP) is 0.507. The number of amides is 1. The summed E-state index contributed by atoms with van der Waals surface area (Å²) in [5, 5.41) is 2.40. The van der Waals surface area contributed by atoms with Crippen molar-refractivity contribution in [3.8, 4) is 0 Å². The van der Waals surface area contributed by atoms with E-state index in [-0.39, 0.29) is 12.5 Å². The maximum Gasteiger partial charge on any atom is 0.240 e. The van der Waals surface area contributed by atoms with Crippen LogP contribution in [-0.4, -0.2) is 34.2 Å². The van der Waals surface area contributed by atoms with Crippen molar-refractivity contribution in [2.75, 3.05) is 24.2 Å². The quantitative estimate of drug-likeness (QED) is 0.853. The highest BCUT2D eigenvalue weighted by Gasteiger charge is 2.19. The van der Waals surface area contributed by atoms with Gasteiger partial charge >= 0.3 is 0 Å². The normalized spacial score (nSPS) is 11.0. The first-order valence-corrected chi connectivity index (χ1v) is 6.94. The lowest BCUT2D eigenvalue weighted by Gasteiger charge is -2.21. The number of carbonyl (C=O) groups excluding carboxylic acids is 1. The van der Waals surface area contributed by atoms with Gasteiger partial charge in [-0.2, -0.15) is 0 Å². The molecule has 0 heterocycles. The lowest BCUT2D eigenvalue weighted by Crippen LogP contribution is -2.39. The van der Waals surface area contributed by atoms with Gasteiger partial charge < -0.3 is 5.32 Å². The van der Waals surface area contributed by atoms with E-state index in [9.17, 15) is 13.2 Å². The molecule has 1 N–H and O–H groups in total. The lowest BCUT2D eigenvalue weighted by atomic mass is 10.2. The van der Waals surface area contributed by atoms with E-state index in [1.807, 2.05) is 6.92 Å².